The lowest BCUT2D eigenvalue weighted by Gasteiger charge is -2.28. The van der Waals surface area contributed by atoms with Crippen LogP contribution in [0.5, 0.6) is 5.75 Å². The Labute approximate surface area is 181 Å². The first-order valence-corrected chi connectivity index (χ1v) is 10.5. The SMILES string of the molecule is Cc1ncc(O[C@@]2(C3C=CC=CC3)C[C@H]2C(=O)Nc2ccc3ncccc3c2)c(C)n1. The first-order valence-electron chi connectivity index (χ1n) is 10.5. The third-order valence-corrected chi connectivity index (χ3v) is 6.10. The number of hydrogen-bond acceptors (Lipinski definition) is 5. The van der Waals surface area contributed by atoms with Gasteiger partial charge in [0.05, 0.1) is 23.3 Å². The fraction of sp³-hybridized carbons (Fsp3) is 0.280. The zero-order chi connectivity index (χ0) is 21.4. The average molecular weight is 412 g/mol. The van der Waals surface area contributed by atoms with E-state index in [1.54, 1.807) is 12.4 Å². The van der Waals surface area contributed by atoms with Crippen molar-refractivity contribution >= 4 is 22.5 Å². The topological polar surface area (TPSA) is 77.0 Å². The van der Waals surface area contributed by atoms with E-state index in [0.717, 1.165) is 28.7 Å². The van der Waals surface area contributed by atoms with Crippen LogP contribution in [0.25, 0.3) is 10.9 Å². The molecule has 0 aliphatic heterocycles. The maximum Gasteiger partial charge on any atom is 0.231 e. The van der Waals surface area contributed by atoms with Crippen molar-refractivity contribution < 1.29 is 9.53 Å². The number of ether oxygens (including phenoxy) is 1. The smallest absolute Gasteiger partial charge is 0.231 e. The van der Waals surface area contributed by atoms with Gasteiger partial charge >= 0.3 is 0 Å². The molecule has 2 aromatic heterocycles. The van der Waals surface area contributed by atoms with Crippen molar-refractivity contribution in [2.45, 2.75) is 32.3 Å². The van der Waals surface area contributed by atoms with E-state index in [2.05, 4.69) is 32.4 Å². The quantitative estimate of drug-likeness (QED) is 0.665. The van der Waals surface area contributed by atoms with Gasteiger partial charge in [-0.1, -0.05) is 30.4 Å². The predicted molar refractivity (Wildman–Crippen MR) is 120 cm³/mol. The number of carbonyl (C=O) groups is 1. The molecule has 1 unspecified atom stereocenters. The molecule has 2 aliphatic rings. The van der Waals surface area contributed by atoms with Crippen LogP contribution < -0.4 is 10.1 Å². The summed E-state index contributed by atoms with van der Waals surface area (Å²) in [4.78, 5) is 26.3. The van der Waals surface area contributed by atoms with Gasteiger partial charge in [-0.15, -0.1) is 0 Å². The van der Waals surface area contributed by atoms with Crippen LogP contribution in [0.1, 0.15) is 24.4 Å². The number of hydrogen-bond donors (Lipinski definition) is 1. The van der Waals surface area contributed by atoms with E-state index >= 15 is 0 Å². The summed E-state index contributed by atoms with van der Waals surface area (Å²) >= 11 is 0. The second-order valence-corrected chi connectivity index (χ2v) is 8.24. The largest absolute Gasteiger partial charge is 0.482 e. The Balaban J connectivity index is 1.39. The Morgan fingerprint density at radius 1 is 1.19 bits per heavy atom. The lowest BCUT2D eigenvalue weighted by atomic mass is 9.90. The number of aryl methyl sites for hydroxylation is 2. The summed E-state index contributed by atoms with van der Waals surface area (Å²) in [5.41, 5.74) is 1.86. The number of nitrogens with one attached hydrogen (secondary N) is 1. The lowest BCUT2D eigenvalue weighted by molar-refractivity contribution is -0.119. The highest BCUT2D eigenvalue weighted by molar-refractivity contribution is 5.97. The number of pyridine rings is 1. The van der Waals surface area contributed by atoms with Crippen molar-refractivity contribution in [3.63, 3.8) is 0 Å². The van der Waals surface area contributed by atoms with E-state index in [1.165, 1.54) is 0 Å². The first-order chi connectivity index (χ1) is 15.0. The number of fused-ring (bicyclic) bond motifs is 1. The second-order valence-electron chi connectivity index (χ2n) is 8.24. The molecule has 6 nitrogen and oxygen atoms in total. The lowest BCUT2D eigenvalue weighted by Crippen LogP contribution is -2.35. The van der Waals surface area contributed by atoms with Gasteiger partial charge in [0.15, 0.2) is 5.75 Å². The van der Waals surface area contributed by atoms with Crippen LogP contribution in [0.2, 0.25) is 0 Å². The maximum absolute atomic E-state index is 13.2. The van der Waals surface area contributed by atoms with Gasteiger partial charge in [0.1, 0.15) is 11.4 Å². The van der Waals surface area contributed by atoms with E-state index < -0.39 is 5.60 Å². The van der Waals surface area contributed by atoms with Crippen LogP contribution >= 0.6 is 0 Å². The molecule has 1 fully saturated rings. The maximum atomic E-state index is 13.2. The molecule has 0 bridgehead atoms. The second kappa shape index (κ2) is 7.61. The Morgan fingerprint density at radius 3 is 2.90 bits per heavy atom. The molecule has 3 atom stereocenters. The van der Waals surface area contributed by atoms with E-state index in [9.17, 15) is 4.79 Å². The zero-order valence-electron chi connectivity index (χ0n) is 17.6. The van der Waals surface area contributed by atoms with Crippen molar-refractivity contribution in [3.8, 4) is 5.75 Å². The number of rotatable bonds is 5. The van der Waals surface area contributed by atoms with Crippen LogP contribution in [0, 0.1) is 25.7 Å². The average Bonchev–Trinajstić information content (AvgIpc) is 3.52. The summed E-state index contributed by atoms with van der Waals surface area (Å²) in [5, 5.41) is 4.07. The van der Waals surface area contributed by atoms with Gasteiger partial charge in [-0.25, -0.2) is 9.97 Å². The minimum atomic E-state index is -0.590. The molecule has 1 saturated carbocycles. The van der Waals surface area contributed by atoms with Gasteiger partial charge in [-0.05, 0) is 44.5 Å². The normalized spacial score (nSPS) is 24.2. The molecule has 6 heteroatoms. The van der Waals surface area contributed by atoms with Crippen LogP contribution in [-0.2, 0) is 4.79 Å². The molecule has 0 radical (unpaired) electrons. The number of aromatic nitrogens is 3. The van der Waals surface area contributed by atoms with Crippen LogP contribution in [0.3, 0.4) is 0 Å². The summed E-state index contributed by atoms with van der Waals surface area (Å²) < 4.78 is 6.50. The molecule has 2 aliphatic carbocycles. The van der Waals surface area contributed by atoms with Crippen molar-refractivity contribution in [1.82, 2.24) is 15.0 Å². The molecular formula is C25H24N4O2. The molecule has 1 aromatic carbocycles. The standard InChI is InChI=1S/C25H24N4O2/c1-16-23(15-27-17(2)28-16)31-25(19-8-4-3-5-9-19)14-21(25)24(30)29-20-10-11-22-18(13-20)7-6-12-26-22/h3-8,10-13,15,19,21H,9,14H2,1-2H3,(H,29,30)/t19?,21-,25+/m0/s1. The molecule has 0 saturated heterocycles. The van der Waals surface area contributed by atoms with Gasteiger partial charge in [0, 0.05) is 29.6 Å². The number of amides is 1. The van der Waals surface area contributed by atoms with E-state index in [1.807, 2.05) is 56.3 Å². The number of anilines is 1. The van der Waals surface area contributed by atoms with Crippen molar-refractivity contribution in [2.24, 2.45) is 11.8 Å². The van der Waals surface area contributed by atoms with Crippen molar-refractivity contribution in [1.29, 1.82) is 0 Å². The highest BCUT2D eigenvalue weighted by Gasteiger charge is 2.64. The molecule has 31 heavy (non-hydrogen) atoms. The zero-order valence-corrected chi connectivity index (χ0v) is 17.6. The highest BCUT2D eigenvalue weighted by atomic mass is 16.5. The molecular weight excluding hydrogens is 388 g/mol. The van der Waals surface area contributed by atoms with Crippen LogP contribution in [0.4, 0.5) is 5.69 Å². The van der Waals surface area contributed by atoms with Gasteiger partial charge in [-0.2, -0.15) is 0 Å². The summed E-state index contributed by atoms with van der Waals surface area (Å²) in [6, 6.07) is 9.64. The first kappa shape index (κ1) is 19.4. The summed E-state index contributed by atoms with van der Waals surface area (Å²) in [5.74, 6) is 1.18. The Morgan fingerprint density at radius 2 is 2.10 bits per heavy atom. The summed E-state index contributed by atoms with van der Waals surface area (Å²) in [6.07, 6.45) is 13.3. The molecule has 156 valence electrons. The third kappa shape index (κ3) is 3.69. The van der Waals surface area contributed by atoms with E-state index in [4.69, 9.17) is 4.74 Å². The Kier molecular flexibility index (Phi) is 4.77. The highest BCUT2D eigenvalue weighted by Crippen LogP contribution is 2.55. The Hall–Kier alpha value is -3.54. The van der Waals surface area contributed by atoms with Gasteiger partial charge < -0.3 is 10.1 Å². The molecule has 2 heterocycles. The third-order valence-electron chi connectivity index (χ3n) is 6.10. The van der Waals surface area contributed by atoms with Crippen LogP contribution in [0.15, 0.2) is 67.0 Å². The summed E-state index contributed by atoms with van der Waals surface area (Å²) in [7, 11) is 0. The molecule has 3 aromatic rings. The number of carbonyl (C=O) groups excluding carboxylic acids is 1. The van der Waals surface area contributed by atoms with Gasteiger partial charge in [0.2, 0.25) is 5.91 Å². The minimum Gasteiger partial charge on any atom is -0.482 e. The fourth-order valence-electron chi connectivity index (χ4n) is 4.38. The van der Waals surface area contributed by atoms with Crippen LogP contribution in [-0.4, -0.2) is 26.5 Å². The summed E-state index contributed by atoms with van der Waals surface area (Å²) in [6.45, 7) is 3.77. The predicted octanol–water partition coefficient (Wildman–Crippen LogP) is 4.55. The molecule has 1 amide bonds. The minimum absolute atomic E-state index is 0.0307. The van der Waals surface area contributed by atoms with Crippen molar-refractivity contribution in [3.05, 3.63) is 78.5 Å². The van der Waals surface area contributed by atoms with E-state index in [0.29, 0.717) is 18.0 Å². The van der Waals surface area contributed by atoms with Gasteiger partial charge in [-0.3, -0.25) is 9.78 Å². The van der Waals surface area contributed by atoms with Gasteiger partial charge in [0.25, 0.3) is 0 Å². The monoisotopic (exact) mass is 412 g/mol. The Bertz CT molecular complexity index is 1220. The molecule has 1 N–H and O–H groups in total. The number of allylic oxidation sites excluding steroid dienone is 3. The molecule has 5 rings (SSSR count). The van der Waals surface area contributed by atoms with E-state index in [-0.39, 0.29) is 17.7 Å². The fourth-order valence-corrected chi connectivity index (χ4v) is 4.38. The number of benzene rings is 1. The number of nitrogens with zero attached hydrogens (tertiary/aromatic N) is 3. The van der Waals surface area contributed by atoms with Crippen molar-refractivity contribution in [2.75, 3.05) is 5.32 Å². The molecule has 0 spiro atoms.